The molecule has 4 aromatic rings. The van der Waals surface area contributed by atoms with E-state index in [9.17, 15) is 0 Å². The molecule has 2 nitrogen and oxygen atoms in total. The number of hydrogen-bond donors (Lipinski definition) is 0. The van der Waals surface area contributed by atoms with Crippen LogP contribution in [-0.4, -0.2) is 9.97 Å². The van der Waals surface area contributed by atoms with Crippen molar-refractivity contribution in [2.24, 2.45) is 0 Å². The Labute approximate surface area is 289 Å². The van der Waals surface area contributed by atoms with Gasteiger partial charge in [-0.2, -0.15) is 0 Å². The van der Waals surface area contributed by atoms with Crippen LogP contribution in [0.25, 0.3) is 32.3 Å². The standard InChI is InChI=1S/C42H60N2S2/c1-3-5-7-9-11-13-14-16-18-20-22-24-38-28-32-42(46-38)40-30-26-36(34-44-40)35-25-29-39(43-33-35)41-31-27-37(45-41)23-21-19-17-15-12-10-8-6-4-2/h25-34H,3-24H2,1-2H3. The molecule has 0 amide bonds. The van der Waals surface area contributed by atoms with Gasteiger partial charge in [0.05, 0.1) is 21.1 Å². The van der Waals surface area contributed by atoms with Gasteiger partial charge >= 0.3 is 0 Å². The van der Waals surface area contributed by atoms with E-state index in [4.69, 9.17) is 9.97 Å². The van der Waals surface area contributed by atoms with E-state index in [0.29, 0.717) is 0 Å². The van der Waals surface area contributed by atoms with Crippen molar-refractivity contribution in [3.63, 3.8) is 0 Å². The Morgan fingerprint density at radius 3 is 1.07 bits per heavy atom. The van der Waals surface area contributed by atoms with Gasteiger partial charge in [0.2, 0.25) is 0 Å². The van der Waals surface area contributed by atoms with Crippen molar-refractivity contribution in [3.8, 4) is 32.3 Å². The van der Waals surface area contributed by atoms with Crippen LogP contribution in [0.5, 0.6) is 0 Å². The fraction of sp³-hybridized carbons (Fsp3) is 0.571. The van der Waals surface area contributed by atoms with Crippen LogP contribution in [0.15, 0.2) is 60.9 Å². The minimum atomic E-state index is 1.07. The maximum atomic E-state index is 4.83. The van der Waals surface area contributed by atoms with Crippen molar-refractivity contribution in [1.29, 1.82) is 0 Å². The quantitative estimate of drug-likeness (QED) is 0.0663. The molecular formula is C42H60N2S2. The number of aromatic nitrogens is 2. The summed E-state index contributed by atoms with van der Waals surface area (Å²) in [5.41, 5.74) is 4.39. The fourth-order valence-electron chi connectivity index (χ4n) is 6.29. The Hall–Kier alpha value is -2.30. The van der Waals surface area contributed by atoms with Gasteiger partial charge in [-0.25, -0.2) is 0 Å². The van der Waals surface area contributed by atoms with Crippen molar-refractivity contribution >= 4 is 22.7 Å². The van der Waals surface area contributed by atoms with Gasteiger partial charge < -0.3 is 0 Å². The second-order valence-electron chi connectivity index (χ2n) is 13.3. The summed E-state index contributed by atoms with van der Waals surface area (Å²) in [4.78, 5) is 15.2. The number of rotatable bonds is 25. The molecule has 0 bridgehead atoms. The van der Waals surface area contributed by atoms with E-state index in [1.807, 2.05) is 35.1 Å². The number of aryl methyl sites for hydroxylation is 2. The van der Waals surface area contributed by atoms with E-state index in [-0.39, 0.29) is 0 Å². The highest BCUT2D eigenvalue weighted by atomic mass is 32.1. The first kappa shape index (κ1) is 36.5. The van der Waals surface area contributed by atoms with E-state index >= 15 is 0 Å². The number of hydrogen-bond acceptors (Lipinski definition) is 4. The molecule has 0 spiro atoms. The molecular weight excluding hydrogens is 597 g/mol. The summed E-state index contributed by atoms with van der Waals surface area (Å²) in [6.07, 6.45) is 34.2. The highest BCUT2D eigenvalue weighted by molar-refractivity contribution is 7.15. The predicted molar refractivity (Wildman–Crippen MR) is 205 cm³/mol. The highest BCUT2D eigenvalue weighted by Gasteiger charge is 2.08. The molecule has 4 heterocycles. The molecule has 0 atom stereocenters. The second-order valence-corrected chi connectivity index (χ2v) is 15.6. The van der Waals surface area contributed by atoms with Crippen molar-refractivity contribution in [2.75, 3.05) is 0 Å². The smallest absolute Gasteiger partial charge is 0.0802 e. The third-order valence-corrected chi connectivity index (χ3v) is 11.6. The molecule has 0 aliphatic rings. The summed E-state index contributed by atoms with van der Waals surface area (Å²) in [6.45, 7) is 4.58. The monoisotopic (exact) mass is 656 g/mol. The van der Waals surface area contributed by atoms with Crippen LogP contribution >= 0.6 is 22.7 Å². The summed E-state index contributed by atoms with van der Waals surface area (Å²) in [5.74, 6) is 0. The first-order valence-electron chi connectivity index (χ1n) is 18.9. The lowest BCUT2D eigenvalue weighted by atomic mass is 10.1. The Balaban J connectivity index is 1.14. The summed E-state index contributed by atoms with van der Waals surface area (Å²) >= 11 is 3.81. The van der Waals surface area contributed by atoms with Gasteiger partial charge in [0.25, 0.3) is 0 Å². The van der Waals surface area contributed by atoms with Gasteiger partial charge in [-0.05, 0) is 62.1 Å². The Morgan fingerprint density at radius 2 is 0.739 bits per heavy atom. The zero-order valence-electron chi connectivity index (χ0n) is 29.0. The number of thiophene rings is 2. The van der Waals surface area contributed by atoms with Crippen molar-refractivity contribution in [3.05, 3.63) is 70.7 Å². The number of pyridine rings is 2. The minimum absolute atomic E-state index is 1.07. The summed E-state index contributed by atoms with van der Waals surface area (Å²) in [7, 11) is 0. The van der Waals surface area contributed by atoms with Gasteiger partial charge in [-0.3, -0.25) is 9.97 Å². The average molecular weight is 657 g/mol. The molecule has 0 radical (unpaired) electrons. The van der Waals surface area contributed by atoms with Gasteiger partial charge in [0.15, 0.2) is 0 Å². The zero-order chi connectivity index (χ0) is 32.1. The normalized spacial score (nSPS) is 11.4. The van der Waals surface area contributed by atoms with Crippen LogP contribution in [0.4, 0.5) is 0 Å². The Morgan fingerprint density at radius 1 is 0.391 bits per heavy atom. The summed E-state index contributed by atoms with van der Waals surface area (Å²) in [5, 5.41) is 0. The topological polar surface area (TPSA) is 25.8 Å². The Kier molecular flexibility index (Phi) is 17.7. The van der Waals surface area contributed by atoms with Gasteiger partial charge in [0, 0.05) is 33.3 Å². The van der Waals surface area contributed by atoms with E-state index in [1.54, 1.807) is 0 Å². The maximum absolute atomic E-state index is 4.83. The third kappa shape index (κ3) is 13.4. The van der Waals surface area contributed by atoms with Crippen LogP contribution in [0, 0.1) is 0 Å². The molecule has 46 heavy (non-hydrogen) atoms. The van der Waals surface area contributed by atoms with Crippen LogP contribution in [-0.2, 0) is 12.8 Å². The Bertz CT molecular complexity index is 1320. The maximum Gasteiger partial charge on any atom is 0.0802 e. The first-order chi connectivity index (χ1) is 22.8. The zero-order valence-corrected chi connectivity index (χ0v) is 30.7. The molecule has 0 unspecified atom stereocenters. The molecule has 250 valence electrons. The average Bonchev–Trinajstić information content (AvgIpc) is 3.77. The minimum Gasteiger partial charge on any atom is -0.255 e. The predicted octanol–water partition coefficient (Wildman–Crippen LogP) is 14.5. The van der Waals surface area contributed by atoms with E-state index in [1.165, 1.54) is 161 Å². The van der Waals surface area contributed by atoms with E-state index in [0.717, 1.165) is 22.5 Å². The molecule has 0 fully saturated rings. The fourth-order valence-corrected chi connectivity index (χ4v) is 8.35. The SMILES string of the molecule is CCCCCCCCCCCCCc1ccc(-c2ccc(-c3ccc(-c4ccc(CCCCCCCCCCC)s4)nc3)cn2)s1. The molecule has 0 aliphatic heterocycles. The molecule has 0 N–H and O–H groups in total. The second kappa shape index (κ2) is 22.3. The van der Waals surface area contributed by atoms with Gasteiger partial charge in [-0.1, -0.05) is 142 Å². The molecule has 0 saturated carbocycles. The van der Waals surface area contributed by atoms with Crippen LogP contribution in [0.3, 0.4) is 0 Å². The highest BCUT2D eigenvalue weighted by Crippen LogP contribution is 2.31. The summed E-state index contributed by atoms with van der Waals surface area (Å²) < 4.78 is 0. The molecule has 4 rings (SSSR count). The summed E-state index contributed by atoms with van der Waals surface area (Å²) in [6, 6.07) is 17.8. The molecule has 0 aromatic carbocycles. The van der Waals surface area contributed by atoms with Crippen LogP contribution in [0.1, 0.15) is 152 Å². The molecule has 4 heteroatoms. The first-order valence-corrected chi connectivity index (χ1v) is 20.5. The molecule has 4 aromatic heterocycles. The van der Waals surface area contributed by atoms with Crippen molar-refractivity contribution in [2.45, 2.75) is 155 Å². The largest absolute Gasteiger partial charge is 0.255 e. The van der Waals surface area contributed by atoms with E-state index < -0.39 is 0 Å². The van der Waals surface area contributed by atoms with Crippen LogP contribution < -0.4 is 0 Å². The molecule has 0 aliphatic carbocycles. The van der Waals surface area contributed by atoms with Gasteiger partial charge in [-0.15, -0.1) is 22.7 Å². The van der Waals surface area contributed by atoms with Crippen molar-refractivity contribution < 1.29 is 0 Å². The van der Waals surface area contributed by atoms with Gasteiger partial charge in [0.1, 0.15) is 0 Å². The lowest BCUT2D eigenvalue weighted by Gasteiger charge is -2.04. The lowest BCUT2D eigenvalue weighted by Crippen LogP contribution is -1.86. The third-order valence-electron chi connectivity index (χ3n) is 9.24. The lowest BCUT2D eigenvalue weighted by molar-refractivity contribution is 0.550. The molecule has 0 saturated heterocycles. The van der Waals surface area contributed by atoms with Crippen LogP contribution in [0.2, 0.25) is 0 Å². The van der Waals surface area contributed by atoms with E-state index in [2.05, 4.69) is 62.4 Å². The van der Waals surface area contributed by atoms with Crippen molar-refractivity contribution in [1.82, 2.24) is 9.97 Å². The number of nitrogens with zero attached hydrogens (tertiary/aromatic N) is 2. The number of unbranched alkanes of at least 4 members (excludes halogenated alkanes) is 18.